The van der Waals surface area contributed by atoms with Crippen LogP contribution in [0, 0.1) is 11.3 Å². The maximum atomic E-state index is 13.5. The van der Waals surface area contributed by atoms with Gasteiger partial charge in [0.15, 0.2) is 0 Å². The number of hydrogen-bond donors (Lipinski definition) is 5. The fraction of sp³-hybridized carbons (Fsp3) is 0.364. The van der Waals surface area contributed by atoms with Gasteiger partial charge in [0.05, 0.1) is 12.2 Å². The first-order valence-corrected chi connectivity index (χ1v) is 16.8. The van der Waals surface area contributed by atoms with E-state index in [0.29, 0.717) is 51.1 Å². The number of primary amides is 1. The molecular weight excluding hydrogens is 590 g/mol. The number of anilines is 1. The van der Waals surface area contributed by atoms with Gasteiger partial charge in [-0.2, -0.15) is 4.31 Å². The Labute approximate surface area is 265 Å². The predicted octanol–water partition coefficient (Wildman–Crippen LogP) is 1.95. The topological polar surface area (TPSA) is 175 Å². The average molecular weight is 634 g/mol. The molecule has 45 heavy (non-hydrogen) atoms. The molecule has 12 heteroatoms. The highest BCUT2D eigenvalue weighted by Crippen LogP contribution is 2.26. The standard InChI is InChI=1S/C33H43N7O4S/c1-24(31(41)37-22-26-8-12-28(13-9-26)30(34)35)33(32(36)42,17-16-25-6-4-3-5-7-25)38-23-27-10-14-29(15-11-27)39-18-20-40(21-19-39)45(2,43)44/h3-15,24,38H,16-23H2,1-2H3,(H3,34,35)(H2,36,42)(H,37,41)/t24-,33?/m1/s1. The second kappa shape index (κ2) is 14.7. The van der Waals surface area contributed by atoms with Crippen LogP contribution in [0.15, 0.2) is 78.9 Å². The highest BCUT2D eigenvalue weighted by Gasteiger charge is 2.44. The quantitative estimate of drug-likeness (QED) is 0.133. The molecule has 2 amide bonds. The number of carbonyl (C=O) groups excluding carboxylic acids is 2. The van der Waals surface area contributed by atoms with Crippen molar-refractivity contribution in [3.05, 3.63) is 101 Å². The lowest BCUT2D eigenvalue weighted by Crippen LogP contribution is -2.62. The minimum Gasteiger partial charge on any atom is -0.384 e. The van der Waals surface area contributed by atoms with Crippen molar-refractivity contribution in [2.75, 3.05) is 37.3 Å². The van der Waals surface area contributed by atoms with Crippen LogP contribution in [0.3, 0.4) is 0 Å². The summed E-state index contributed by atoms with van der Waals surface area (Å²) >= 11 is 0. The Kier molecular flexibility index (Phi) is 11.0. The van der Waals surface area contributed by atoms with Crippen LogP contribution < -0.4 is 27.0 Å². The molecule has 11 nitrogen and oxygen atoms in total. The first-order chi connectivity index (χ1) is 21.4. The molecule has 3 aromatic rings. The van der Waals surface area contributed by atoms with Crippen LogP contribution in [-0.2, 0) is 39.1 Å². The SMILES string of the molecule is C[C@H](C(=O)NCc1ccc(C(=N)N)cc1)C(CCc1ccccc1)(NCc1ccc(N2CCN(S(C)(=O)=O)CC2)cc1)C(N)=O. The fourth-order valence-corrected chi connectivity index (χ4v) is 6.43. The summed E-state index contributed by atoms with van der Waals surface area (Å²) in [5.74, 6) is -1.74. The number of amidine groups is 1. The first kappa shape index (κ1) is 33.6. The van der Waals surface area contributed by atoms with Gasteiger partial charge in [0.1, 0.15) is 11.4 Å². The van der Waals surface area contributed by atoms with Crippen molar-refractivity contribution in [2.45, 2.75) is 38.4 Å². The molecule has 1 fully saturated rings. The number of aryl methyl sites for hydroxylation is 1. The number of piperazine rings is 1. The summed E-state index contributed by atoms with van der Waals surface area (Å²) in [7, 11) is -3.20. The number of nitrogen functional groups attached to an aromatic ring is 1. The molecule has 3 aromatic carbocycles. The van der Waals surface area contributed by atoms with Crippen LogP contribution in [0.5, 0.6) is 0 Å². The second-order valence-electron chi connectivity index (χ2n) is 11.5. The van der Waals surface area contributed by atoms with E-state index in [1.807, 2.05) is 54.6 Å². The third-order valence-corrected chi connectivity index (χ3v) is 9.87. The number of hydrogen-bond acceptors (Lipinski definition) is 7. The van der Waals surface area contributed by atoms with Gasteiger partial charge in [0, 0.05) is 50.5 Å². The Bertz CT molecular complexity index is 1570. The molecule has 0 aliphatic carbocycles. The fourth-order valence-electron chi connectivity index (χ4n) is 5.60. The number of carbonyl (C=O) groups is 2. The summed E-state index contributed by atoms with van der Waals surface area (Å²) in [6, 6.07) is 24.7. The monoisotopic (exact) mass is 633 g/mol. The van der Waals surface area contributed by atoms with Crippen LogP contribution in [-0.4, -0.2) is 68.3 Å². The minimum atomic E-state index is -3.20. The molecular formula is C33H43N7O4S. The van der Waals surface area contributed by atoms with Gasteiger partial charge < -0.3 is 21.7 Å². The Morgan fingerprint density at radius 2 is 1.44 bits per heavy atom. The van der Waals surface area contributed by atoms with Crippen molar-refractivity contribution >= 4 is 33.4 Å². The van der Waals surface area contributed by atoms with Crippen LogP contribution in [0.1, 0.15) is 35.6 Å². The molecule has 0 radical (unpaired) electrons. The second-order valence-corrected chi connectivity index (χ2v) is 13.5. The zero-order chi connectivity index (χ0) is 32.6. The van der Waals surface area contributed by atoms with Gasteiger partial charge in [-0.15, -0.1) is 0 Å². The lowest BCUT2D eigenvalue weighted by molar-refractivity contribution is -0.136. The van der Waals surface area contributed by atoms with Gasteiger partial charge in [0.25, 0.3) is 0 Å². The van der Waals surface area contributed by atoms with E-state index in [-0.39, 0.29) is 18.3 Å². The van der Waals surface area contributed by atoms with E-state index in [1.54, 1.807) is 31.2 Å². The summed E-state index contributed by atoms with van der Waals surface area (Å²) in [6.07, 6.45) is 2.09. The molecule has 1 aliphatic rings. The average Bonchev–Trinajstić information content (AvgIpc) is 3.04. The lowest BCUT2D eigenvalue weighted by atomic mass is 9.78. The van der Waals surface area contributed by atoms with Gasteiger partial charge in [-0.3, -0.25) is 20.3 Å². The largest absolute Gasteiger partial charge is 0.384 e. The maximum Gasteiger partial charge on any atom is 0.238 e. The molecule has 0 saturated carbocycles. The molecule has 0 aromatic heterocycles. The van der Waals surface area contributed by atoms with Gasteiger partial charge in [0.2, 0.25) is 21.8 Å². The van der Waals surface area contributed by atoms with Gasteiger partial charge in [-0.1, -0.05) is 73.7 Å². The Hall–Kier alpha value is -4.26. The molecule has 240 valence electrons. The van der Waals surface area contributed by atoms with E-state index < -0.39 is 27.4 Å². The highest BCUT2D eigenvalue weighted by molar-refractivity contribution is 7.88. The van der Waals surface area contributed by atoms with E-state index in [0.717, 1.165) is 22.4 Å². The van der Waals surface area contributed by atoms with Crippen molar-refractivity contribution in [3.8, 4) is 0 Å². The first-order valence-electron chi connectivity index (χ1n) is 15.0. The Morgan fingerprint density at radius 3 is 2.00 bits per heavy atom. The zero-order valence-electron chi connectivity index (χ0n) is 25.8. The van der Waals surface area contributed by atoms with E-state index >= 15 is 0 Å². The van der Waals surface area contributed by atoms with Gasteiger partial charge in [-0.05, 0) is 41.7 Å². The maximum absolute atomic E-state index is 13.5. The van der Waals surface area contributed by atoms with E-state index in [4.69, 9.17) is 16.9 Å². The molecule has 1 saturated heterocycles. The lowest BCUT2D eigenvalue weighted by Gasteiger charge is -2.37. The van der Waals surface area contributed by atoms with Crippen molar-refractivity contribution in [3.63, 3.8) is 0 Å². The summed E-state index contributed by atoms with van der Waals surface area (Å²) in [4.78, 5) is 28.9. The Balaban J connectivity index is 1.47. The van der Waals surface area contributed by atoms with Crippen LogP contribution >= 0.6 is 0 Å². The third-order valence-electron chi connectivity index (χ3n) is 8.57. The van der Waals surface area contributed by atoms with Gasteiger partial charge in [-0.25, -0.2) is 8.42 Å². The minimum absolute atomic E-state index is 0.0305. The number of amides is 2. The summed E-state index contributed by atoms with van der Waals surface area (Å²) in [5.41, 5.74) is 14.7. The van der Waals surface area contributed by atoms with Crippen molar-refractivity contribution in [2.24, 2.45) is 17.4 Å². The summed E-state index contributed by atoms with van der Waals surface area (Å²) < 4.78 is 25.2. The van der Waals surface area contributed by atoms with Crippen LogP contribution in [0.4, 0.5) is 5.69 Å². The summed E-state index contributed by atoms with van der Waals surface area (Å²) in [5, 5.41) is 13.9. The van der Waals surface area contributed by atoms with Crippen molar-refractivity contribution in [1.29, 1.82) is 5.41 Å². The number of nitrogens with two attached hydrogens (primary N) is 2. The van der Waals surface area contributed by atoms with E-state index in [2.05, 4.69) is 15.5 Å². The summed E-state index contributed by atoms with van der Waals surface area (Å²) in [6.45, 7) is 4.35. The van der Waals surface area contributed by atoms with Crippen LogP contribution in [0.2, 0.25) is 0 Å². The molecule has 4 rings (SSSR count). The molecule has 2 atom stereocenters. The van der Waals surface area contributed by atoms with Crippen molar-refractivity contribution in [1.82, 2.24) is 14.9 Å². The van der Waals surface area contributed by atoms with Gasteiger partial charge >= 0.3 is 0 Å². The molecule has 0 bridgehead atoms. The van der Waals surface area contributed by atoms with Crippen molar-refractivity contribution < 1.29 is 18.0 Å². The molecule has 0 spiro atoms. The highest BCUT2D eigenvalue weighted by atomic mass is 32.2. The molecule has 1 aliphatic heterocycles. The van der Waals surface area contributed by atoms with E-state index in [9.17, 15) is 18.0 Å². The number of nitrogens with one attached hydrogen (secondary N) is 3. The number of benzene rings is 3. The normalized spacial score (nSPS) is 16.0. The van der Waals surface area contributed by atoms with Crippen LogP contribution in [0.25, 0.3) is 0 Å². The number of nitrogens with zero attached hydrogens (tertiary/aromatic N) is 2. The number of rotatable bonds is 14. The third kappa shape index (κ3) is 8.68. The van der Waals surface area contributed by atoms with E-state index in [1.165, 1.54) is 10.6 Å². The molecule has 1 unspecified atom stereocenters. The smallest absolute Gasteiger partial charge is 0.238 e. The molecule has 7 N–H and O–H groups in total. The Morgan fingerprint density at radius 1 is 0.867 bits per heavy atom. The number of sulfonamides is 1. The molecule has 1 heterocycles. The predicted molar refractivity (Wildman–Crippen MR) is 177 cm³/mol. The zero-order valence-corrected chi connectivity index (χ0v) is 26.6.